The van der Waals surface area contributed by atoms with E-state index in [2.05, 4.69) is 43.8 Å². The highest BCUT2D eigenvalue weighted by atomic mass is 32.1. The molecule has 2 aromatic carbocycles. The predicted octanol–water partition coefficient (Wildman–Crippen LogP) is 4.61. The first-order valence-corrected chi connectivity index (χ1v) is 10.1. The summed E-state index contributed by atoms with van der Waals surface area (Å²) in [6, 6.07) is 12.3. The standard InChI is InChI=1S/C22H22N4O2S/c1-14-26-17(12-29-14)11-23-22-18-9-15(4-6-19(18)24-13-25-22)8-16-5-7-20(27-2)21(10-16)28-3/h4-7,9-10,12-13H,8,11H2,1-3H3,(H,23,24,25). The molecule has 4 aromatic rings. The van der Waals surface area contributed by atoms with Crippen LogP contribution in [0.2, 0.25) is 0 Å². The summed E-state index contributed by atoms with van der Waals surface area (Å²) in [6.45, 7) is 2.64. The number of benzene rings is 2. The van der Waals surface area contributed by atoms with Gasteiger partial charge in [-0.25, -0.2) is 15.0 Å². The number of methoxy groups -OCH3 is 2. The van der Waals surface area contributed by atoms with Crippen molar-refractivity contribution in [3.05, 3.63) is 69.9 Å². The van der Waals surface area contributed by atoms with Crippen molar-refractivity contribution in [3.8, 4) is 11.5 Å². The number of hydrogen-bond donors (Lipinski definition) is 1. The van der Waals surface area contributed by atoms with Crippen LogP contribution in [0.3, 0.4) is 0 Å². The number of fused-ring (bicyclic) bond motifs is 1. The van der Waals surface area contributed by atoms with Crippen molar-refractivity contribution >= 4 is 28.1 Å². The molecule has 2 aromatic heterocycles. The zero-order valence-electron chi connectivity index (χ0n) is 16.6. The van der Waals surface area contributed by atoms with Crippen LogP contribution in [0.25, 0.3) is 10.9 Å². The minimum Gasteiger partial charge on any atom is -0.493 e. The molecule has 0 aliphatic heterocycles. The summed E-state index contributed by atoms with van der Waals surface area (Å²) in [5.74, 6) is 2.27. The average Bonchev–Trinajstić information content (AvgIpc) is 3.17. The van der Waals surface area contributed by atoms with E-state index in [0.717, 1.165) is 50.9 Å². The molecule has 29 heavy (non-hydrogen) atoms. The number of hydrogen-bond acceptors (Lipinski definition) is 7. The normalized spacial score (nSPS) is 10.9. The largest absolute Gasteiger partial charge is 0.493 e. The average molecular weight is 407 g/mol. The minimum atomic E-state index is 0.635. The van der Waals surface area contributed by atoms with Crippen molar-refractivity contribution < 1.29 is 9.47 Å². The monoisotopic (exact) mass is 406 g/mol. The van der Waals surface area contributed by atoms with Gasteiger partial charge in [-0.05, 0) is 48.7 Å². The number of rotatable bonds is 7. The second-order valence-electron chi connectivity index (χ2n) is 6.65. The molecule has 0 radical (unpaired) electrons. The van der Waals surface area contributed by atoms with E-state index in [0.29, 0.717) is 6.54 Å². The van der Waals surface area contributed by atoms with E-state index in [-0.39, 0.29) is 0 Å². The van der Waals surface area contributed by atoms with Gasteiger partial charge < -0.3 is 14.8 Å². The maximum atomic E-state index is 5.42. The number of aryl methyl sites for hydroxylation is 1. The van der Waals surface area contributed by atoms with Gasteiger partial charge >= 0.3 is 0 Å². The van der Waals surface area contributed by atoms with Gasteiger partial charge in [0.1, 0.15) is 12.1 Å². The minimum absolute atomic E-state index is 0.635. The molecule has 0 saturated carbocycles. The van der Waals surface area contributed by atoms with E-state index in [1.807, 2.05) is 25.1 Å². The SMILES string of the molecule is COc1ccc(Cc2ccc3ncnc(NCc4csc(C)n4)c3c2)cc1OC. The van der Waals surface area contributed by atoms with Gasteiger partial charge in [-0.3, -0.25) is 0 Å². The molecule has 0 saturated heterocycles. The summed E-state index contributed by atoms with van der Waals surface area (Å²) in [5, 5.41) is 7.52. The number of nitrogens with one attached hydrogen (secondary N) is 1. The van der Waals surface area contributed by atoms with Gasteiger partial charge in [0.2, 0.25) is 0 Å². The molecule has 0 amide bonds. The molecule has 148 valence electrons. The molecule has 0 aliphatic rings. The van der Waals surface area contributed by atoms with Crippen molar-refractivity contribution in [2.75, 3.05) is 19.5 Å². The van der Waals surface area contributed by atoms with E-state index in [9.17, 15) is 0 Å². The lowest BCUT2D eigenvalue weighted by Gasteiger charge is -2.11. The molecule has 4 rings (SSSR count). The lowest BCUT2D eigenvalue weighted by Crippen LogP contribution is -2.03. The van der Waals surface area contributed by atoms with Crippen molar-refractivity contribution in [3.63, 3.8) is 0 Å². The molecule has 6 nitrogen and oxygen atoms in total. The van der Waals surface area contributed by atoms with Crippen LogP contribution in [0, 0.1) is 6.92 Å². The molecule has 2 heterocycles. The number of aromatic nitrogens is 3. The first kappa shape index (κ1) is 19.1. The van der Waals surface area contributed by atoms with E-state index in [1.165, 1.54) is 5.56 Å². The number of nitrogens with zero attached hydrogens (tertiary/aromatic N) is 3. The second kappa shape index (κ2) is 8.45. The molecule has 0 bridgehead atoms. The van der Waals surface area contributed by atoms with Gasteiger partial charge in [-0.1, -0.05) is 12.1 Å². The second-order valence-corrected chi connectivity index (χ2v) is 7.71. The molecule has 0 unspecified atom stereocenters. The fourth-order valence-corrected chi connectivity index (χ4v) is 3.86. The quantitative estimate of drug-likeness (QED) is 0.483. The highest BCUT2D eigenvalue weighted by molar-refractivity contribution is 7.09. The van der Waals surface area contributed by atoms with Crippen LogP contribution in [-0.4, -0.2) is 29.2 Å². The molecule has 7 heteroatoms. The van der Waals surface area contributed by atoms with Crippen LogP contribution in [0.5, 0.6) is 11.5 Å². The Bertz CT molecular complexity index is 1140. The Morgan fingerprint density at radius 3 is 2.52 bits per heavy atom. The van der Waals surface area contributed by atoms with E-state index in [4.69, 9.17) is 9.47 Å². The van der Waals surface area contributed by atoms with Crippen LogP contribution in [-0.2, 0) is 13.0 Å². The van der Waals surface area contributed by atoms with Crippen LogP contribution in [0.1, 0.15) is 21.8 Å². The summed E-state index contributed by atoms with van der Waals surface area (Å²) < 4.78 is 10.7. The Morgan fingerprint density at radius 2 is 1.76 bits per heavy atom. The van der Waals surface area contributed by atoms with E-state index >= 15 is 0 Å². The molecular weight excluding hydrogens is 384 g/mol. The predicted molar refractivity (Wildman–Crippen MR) is 116 cm³/mol. The molecule has 0 spiro atoms. The summed E-state index contributed by atoms with van der Waals surface area (Å²) in [5.41, 5.74) is 4.24. The lowest BCUT2D eigenvalue weighted by molar-refractivity contribution is 0.354. The highest BCUT2D eigenvalue weighted by Crippen LogP contribution is 2.29. The van der Waals surface area contributed by atoms with Crippen LogP contribution in [0.15, 0.2) is 48.1 Å². The van der Waals surface area contributed by atoms with Crippen LogP contribution in [0.4, 0.5) is 5.82 Å². The number of ether oxygens (including phenoxy) is 2. The van der Waals surface area contributed by atoms with Gasteiger partial charge in [0.05, 0.1) is 37.0 Å². The number of anilines is 1. The summed E-state index contributed by atoms with van der Waals surface area (Å²) in [6.07, 6.45) is 2.36. The van der Waals surface area contributed by atoms with Crippen molar-refractivity contribution in [1.82, 2.24) is 15.0 Å². The topological polar surface area (TPSA) is 69.2 Å². The lowest BCUT2D eigenvalue weighted by atomic mass is 10.0. The molecular formula is C22H22N4O2S. The van der Waals surface area contributed by atoms with E-state index in [1.54, 1.807) is 31.9 Å². The maximum Gasteiger partial charge on any atom is 0.160 e. The smallest absolute Gasteiger partial charge is 0.160 e. The van der Waals surface area contributed by atoms with Gasteiger partial charge in [-0.15, -0.1) is 11.3 Å². The summed E-state index contributed by atoms with van der Waals surface area (Å²) in [4.78, 5) is 13.3. The summed E-state index contributed by atoms with van der Waals surface area (Å²) >= 11 is 1.65. The highest BCUT2D eigenvalue weighted by Gasteiger charge is 2.09. The molecule has 1 N–H and O–H groups in total. The van der Waals surface area contributed by atoms with Gasteiger partial charge in [-0.2, -0.15) is 0 Å². The van der Waals surface area contributed by atoms with Crippen LogP contribution >= 0.6 is 11.3 Å². The van der Waals surface area contributed by atoms with Crippen molar-refractivity contribution in [1.29, 1.82) is 0 Å². The van der Waals surface area contributed by atoms with Gasteiger partial charge in [0, 0.05) is 10.8 Å². The van der Waals surface area contributed by atoms with Crippen molar-refractivity contribution in [2.24, 2.45) is 0 Å². The zero-order valence-corrected chi connectivity index (χ0v) is 17.4. The first-order valence-electron chi connectivity index (χ1n) is 9.25. The van der Waals surface area contributed by atoms with Gasteiger partial charge in [0.25, 0.3) is 0 Å². The summed E-state index contributed by atoms with van der Waals surface area (Å²) in [7, 11) is 3.29. The maximum absolute atomic E-state index is 5.42. The van der Waals surface area contributed by atoms with Crippen LogP contribution < -0.4 is 14.8 Å². The van der Waals surface area contributed by atoms with Gasteiger partial charge in [0.15, 0.2) is 11.5 Å². The fourth-order valence-electron chi connectivity index (χ4n) is 3.24. The third kappa shape index (κ3) is 4.30. The Morgan fingerprint density at radius 1 is 0.966 bits per heavy atom. The third-order valence-corrected chi connectivity index (χ3v) is 5.48. The Kier molecular flexibility index (Phi) is 5.57. The Hall–Kier alpha value is -3.19. The van der Waals surface area contributed by atoms with E-state index < -0.39 is 0 Å². The number of thiazole rings is 1. The Labute approximate surface area is 173 Å². The molecule has 0 atom stereocenters. The first-order chi connectivity index (χ1) is 14.2. The Balaban J connectivity index is 1.59. The fraction of sp³-hybridized carbons (Fsp3) is 0.227. The van der Waals surface area contributed by atoms with Crippen molar-refractivity contribution in [2.45, 2.75) is 19.9 Å². The third-order valence-electron chi connectivity index (χ3n) is 4.66. The zero-order chi connectivity index (χ0) is 20.2. The molecule has 0 aliphatic carbocycles. The molecule has 0 fully saturated rings.